The highest BCUT2D eigenvalue weighted by atomic mass is 16.1. The van der Waals surface area contributed by atoms with Crippen molar-refractivity contribution in [3.8, 4) is 0 Å². The van der Waals surface area contributed by atoms with E-state index in [1.165, 1.54) is 12.8 Å². The number of anilines is 1. The third-order valence-electron chi connectivity index (χ3n) is 2.53. The molecule has 78 valence electrons. The maximum absolute atomic E-state index is 10.9. The zero-order chi connectivity index (χ0) is 10.7. The zero-order valence-corrected chi connectivity index (χ0v) is 8.60. The number of hydrogen-bond acceptors (Lipinski definition) is 3. The summed E-state index contributed by atoms with van der Waals surface area (Å²) in [5, 5.41) is 0. The van der Waals surface area contributed by atoms with Crippen molar-refractivity contribution < 1.29 is 4.79 Å². The van der Waals surface area contributed by atoms with Crippen molar-refractivity contribution in [2.45, 2.75) is 18.9 Å². The van der Waals surface area contributed by atoms with Crippen LogP contribution in [-0.2, 0) is 0 Å². The van der Waals surface area contributed by atoms with Crippen molar-refractivity contribution in [2.75, 3.05) is 11.4 Å². The van der Waals surface area contributed by atoms with Gasteiger partial charge in [-0.15, -0.1) is 6.58 Å². The summed E-state index contributed by atoms with van der Waals surface area (Å²) < 4.78 is 0. The van der Waals surface area contributed by atoms with Crippen LogP contribution in [0.3, 0.4) is 0 Å². The second-order valence-corrected chi connectivity index (χ2v) is 3.71. The van der Waals surface area contributed by atoms with E-state index in [9.17, 15) is 4.79 Å². The highest BCUT2D eigenvalue weighted by Gasteiger charge is 2.30. The van der Waals surface area contributed by atoms with E-state index in [0.717, 1.165) is 18.6 Å². The van der Waals surface area contributed by atoms with Crippen molar-refractivity contribution in [1.29, 1.82) is 0 Å². The number of carbonyl (C=O) groups is 1. The van der Waals surface area contributed by atoms with Gasteiger partial charge in [0.2, 0.25) is 0 Å². The van der Waals surface area contributed by atoms with E-state index in [-0.39, 0.29) is 0 Å². The van der Waals surface area contributed by atoms with Gasteiger partial charge in [0.05, 0.1) is 5.56 Å². The van der Waals surface area contributed by atoms with E-state index in [0.29, 0.717) is 11.6 Å². The van der Waals surface area contributed by atoms with Crippen LogP contribution in [0.25, 0.3) is 0 Å². The molecule has 0 atom stereocenters. The lowest BCUT2D eigenvalue weighted by atomic mass is 10.2. The summed E-state index contributed by atoms with van der Waals surface area (Å²) in [6.45, 7) is 4.49. The predicted molar refractivity (Wildman–Crippen MR) is 60.2 cm³/mol. The van der Waals surface area contributed by atoms with Crippen LogP contribution in [0, 0.1) is 0 Å². The molecule has 3 heteroatoms. The monoisotopic (exact) mass is 202 g/mol. The van der Waals surface area contributed by atoms with Crippen molar-refractivity contribution in [3.63, 3.8) is 0 Å². The molecule has 0 spiro atoms. The van der Waals surface area contributed by atoms with Gasteiger partial charge in [-0.1, -0.05) is 6.08 Å². The van der Waals surface area contributed by atoms with Crippen molar-refractivity contribution >= 4 is 12.1 Å². The van der Waals surface area contributed by atoms with Crippen LogP contribution in [0.15, 0.2) is 31.0 Å². The molecule has 2 rings (SSSR count). The van der Waals surface area contributed by atoms with Crippen LogP contribution in [0.1, 0.15) is 23.2 Å². The van der Waals surface area contributed by atoms with Gasteiger partial charge in [-0.3, -0.25) is 4.79 Å². The largest absolute Gasteiger partial charge is 0.349 e. The minimum atomic E-state index is 0.539. The minimum absolute atomic E-state index is 0.539. The van der Waals surface area contributed by atoms with Crippen LogP contribution in [0.5, 0.6) is 0 Å². The van der Waals surface area contributed by atoms with Crippen LogP contribution in [0.2, 0.25) is 0 Å². The zero-order valence-electron chi connectivity index (χ0n) is 8.60. The first-order chi connectivity index (χ1) is 7.36. The maximum Gasteiger partial charge on any atom is 0.153 e. The molecule has 0 amide bonds. The molecule has 3 nitrogen and oxygen atoms in total. The molecule has 1 aromatic heterocycles. The van der Waals surface area contributed by atoms with Crippen LogP contribution in [-0.4, -0.2) is 23.9 Å². The fourth-order valence-corrected chi connectivity index (χ4v) is 1.68. The van der Waals surface area contributed by atoms with Gasteiger partial charge < -0.3 is 4.90 Å². The number of pyridine rings is 1. The number of rotatable bonds is 5. The van der Waals surface area contributed by atoms with Gasteiger partial charge in [-0.25, -0.2) is 4.98 Å². The van der Waals surface area contributed by atoms with Gasteiger partial charge >= 0.3 is 0 Å². The Bertz CT molecular complexity index is 372. The highest BCUT2D eigenvalue weighted by Crippen LogP contribution is 2.31. The Labute approximate surface area is 89.4 Å². The van der Waals surface area contributed by atoms with Gasteiger partial charge in [0.1, 0.15) is 5.82 Å². The van der Waals surface area contributed by atoms with Gasteiger partial charge in [-0.2, -0.15) is 0 Å². The number of aldehydes is 1. The van der Waals surface area contributed by atoms with Crippen molar-refractivity contribution in [3.05, 3.63) is 36.5 Å². The standard InChI is InChI=1S/C12H14N2O/c1-2-8-14(11-5-6-11)12-10(9-15)4-3-7-13-12/h2-4,7,9,11H,1,5-6,8H2. The first-order valence-corrected chi connectivity index (χ1v) is 5.14. The Balaban J connectivity index is 2.31. The van der Waals surface area contributed by atoms with E-state index in [1.54, 1.807) is 18.3 Å². The maximum atomic E-state index is 10.9. The second-order valence-electron chi connectivity index (χ2n) is 3.71. The summed E-state index contributed by atoms with van der Waals surface area (Å²) in [4.78, 5) is 17.3. The van der Waals surface area contributed by atoms with E-state index >= 15 is 0 Å². The molecule has 1 heterocycles. The molecule has 1 aromatic rings. The average Bonchev–Trinajstić information content (AvgIpc) is 3.10. The third kappa shape index (κ3) is 2.06. The third-order valence-corrected chi connectivity index (χ3v) is 2.53. The first kappa shape index (κ1) is 9.90. The fraction of sp³-hybridized carbons (Fsp3) is 0.333. The summed E-state index contributed by atoms with van der Waals surface area (Å²) in [6.07, 6.45) is 6.80. The lowest BCUT2D eigenvalue weighted by Gasteiger charge is -2.22. The Kier molecular flexibility index (Phi) is 2.81. The quantitative estimate of drug-likeness (QED) is 0.541. The summed E-state index contributed by atoms with van der Waals surface area (Å²) >= 11 is 0. The summed E-state index contributed by atoms with van der Waals surface area (Å²) in [6, 6.07) is 4.12. The molecule has 0 radical (unpaired) electrons. The molecule has 0 aliphatic heterocycles. The lowest BCUT2D eigenvalue weighted by molar-refractivity contribution is 0.112. The molecule has 1 aliphatic rings. The van der Waals surface area contributed by atoms with Crippen LogP contribution in [0.4, 0.5) is 5.82 Å². The van der Waals surface area contributed by atoms with E-state index < -0.39 is 0 Å². The first-order valence-electron chi connectivity index (χ1n) is 5.14. The average molecular weight is 202 g/mol. The van der Waals surface area contributed by atoms with Gasteiger partial charge in [-0.05, 0) is 25.0 Å². The molecule has 15 heavy (non-hydrogen) atoms. The molecule has 0 bridgehead atoms. The van der Waals surface area contributed by atoms with E-state index in [2.05, 4.69) is 16.5 Å². The predicted octanol–water partition coefficient (Wildman–Crippen LogP) is 2.05. The second kappa shape index (κ2) is 4.26. The Morgan fingerprint density at radius 3 is 3.00 bits per heavy atom. The molecule has 0 N–H and O–H groups in total. The number of hydrogen-bond donors (Lipinski definition) is 0. The topological polar surface area (TPSA) is 33.2 Å². The molecule has 0 unspecified atom stereocenters. The Morgan fingerprint density at radius 1 is 1.60 bits per heavy atom. The molecule has 1 saturated carbocycles. The SMILES string of the molecule is C=CCN(c1ncccc1C=O)C1CC1. The summed E-state index contributed by atoms with van der Waals surface area (Å²) in [7, 11) is 0. The van der Waals surface area contributed by atoms with Crippen molar-refractivity contribution in [2.24, 2.45) is 0 Å². The van der Waals surface area contributed by atoms with E-state index in [1.807, 2.05) is 6.08 Å². The molecule has 0 aromatic carbocycles. The van der Waals surface area contributed by atoms with Gasteiger partial charge in [0.25, 0.3) is 0 Å². The lowest BCUT2D eigenvalue weighted by Crippen LogP contribution is -2.27. The smallest absolute Gasteiger partial charge is 0.153 e. The van der Waals surface area contributed by atoms with Gasteiger partial charge in [0.15, 0.2) is 6.29 Å². The Hall–Kier alpha value is -1.64. The molecule has 1 fully saturated rings. The van der Waals surface area contributed by atoms with E-state index in [4.69, 9.17) is 0 Å². The molecular formula is C12H14N2O. The van der Waals surface area contributed by atoms with Crippen molar-refractivity contribution in [1.82, 2.24) is 4.98 Å². The minimum Gasteiger partial charge on any atom is -0.349 e. The molecular weight excluding hydrogens is 188 g/mol. The molecule has 0 saturated heterocycles. The summed E-state index contributed by atoms with van der Waals surface area (Å²) in [5.74, 6) is 0.787. The number of carbonyl (C=O) groups excluding carboxylic acids is 1. The number of nitrogens with zero attached hydrogens (tertiary/aromatic N) is 2. The van der Waals surface area contributed by atoms with Gasteiger partial charge in [0, 0.05) is 18.8 Å². The van der Waals surface area contributed by atoms with Crippen LogP contribution < -0.4 is 4.90 Å². The highest BCUT2D eigenvalue weighted by molar-refractivity contribution is 5.82. The normalized spacial score (nSPS) is 14.7. The number of aromatic nitrogens is 1. The fourth-order valence-electron chi connectivity index (χ4n) is 1.68. The molecule has 1 aliphatic carbocycles. The summed E-state index contributed by atoms with van der Waals surface area (Å²) in [5.41, 5.74) is 0.659. The Morgan fingerprint density at radius 2 is 2.40 bits per heavy atom. The van der Waals surface area contributed by atoms with Crippen LogP contribution >= 0.6 is 0 Å².